The third-order valence-electron chi connectivity index (χ3n) is 7.73. The number of nitrogens with one attached hydrogen (secondary N) is 1. The van der Waals surface area contributed by atoms with Crippen LogP contribution in [0.5, 0.6) is 28.9 Å². The molecule has 2 aromatic carbocycles. The van der Waals surface area contributed by atoms with E-state index in [1.165, 1.54) is 24.3 Å². The van der Waals surface area contributed by atoms with Gasteiger partial charge < -0.3 is 30.3 Å². The number of nitrogen functional groups attached to an aromatic ring is 1. The van der Waals surface area contributed by atoms with Gasteiger partial charge >= 0.3 is 5.97 Å². The number of allylic oxidation sites excluding steroid dienone is 3. The number of carbonyl (C=O) groups is 1. The number of pyridine rings is 1. The van der Waals surface area contributed by atoms with Crippen molar-refractivity contribution >= 4 is 23.7 Å². The Kier molecular flexibility index (Phi) is 7.77. The van der Waals surface area contributed by atoms with Crippen LogP contribution in [0.2, 0.25) is 0 Å². The van der Waals surface area contributed by atoms with Gasteiger partial charge in [0.25, 0.3) is 5.88 Å². The number of phenolic OH excluding ortho intramolecular Hbond substituents is 1. The first-order valence-corrected chi connectivity index (χ1v) is 13.9. The van der Waals surface area contributed by atoms with E-state index in [9.17, 15) is 15.0 Å². The lowest BCUT2D eigenvalue weighted by atomic mass is 9.88. The van der Waals surface area contributed by atoms with E-state index < -0.39 is 41.4 Å². The minimum atomic E-state index is -1.28. The topological polar surface area (TPSA) is 158 Å². The van der Waals surface area contributed by atoms with Crippen LogP contribution in [-0.2, 0) is 4.79 Å². The highest BCUT2D eigenvalue weighted by atomic mass is 19.1. The summed E-state index contributed by atoms with van der Waals surface area (Å²) in [6.07, 6.45) is 11.3. The van der Waals surface area contributed by atoms with E-state index in [4.69, 9.17) is 20.6 Å². The molecule has 2 aliphatic heterocycles. The van der Waals surface area contributed by atoms with Crippen LogP contribution < -0.4 is 20.1 Å². The van der Waals surface area contributed by atoms with E-state index in [0.717, 1.165) is 11.8 Å². The van der Waals surface area contributed by atoms with Crippen LogP contribution in [0.1, 0.15) is 17.3 Å². The lowest BCUT2D eigenvalue weighted by Gasteiger charge is -2.38. The number of hydrogen-bond donors (Lipinski definition) is 4. The normalized spacial score (nSPS) is 20.6. The summed E-state index contributed by atoms with van der Waals surface area (Å²) < 4.78 is 42.1. The molecular weight excluding hydrogens is 586 g/mol. The van der Waals surface area contributed by atoms with Crippen molar-refractivity contribution < 1.29 is 33.3 Å². The van der Waals surface area contributed by atoms with E-state index >= 15 is 8.78 Å². The highest BCUT2D eigenvalue weighted by Crippen LogP contribution is 2.42. The molecule has 3 unspecified atom stereocenters. The number of hydrogen-bond acceptors (Lipinski definition) is 9. The number of ether oxygens (including phenoxy) is 2. The summed E-state index contributed by atoms with van der Waals surface area (Å²) in [5, 5.41) is 27.9. The van der Waals surface area contributed by atoms with Crippen molar-refractivity contribution in [3.63, 3.8) is 0 Å². The number of anilines is 1. The standard InChI is InChI=1S/C32H28F2N6O5/c1-39-11-10-37-30(39)21-14-20(40-16-19-5-3-2-4-17(19)12-23(40)32(42)43)7-9-25(21)44-28-22(33)15-38-31(27(28)34)45-26-13-18(29(35)36)6-8-24(26)41/h2-10,12-15,19,23,30,41H,11,16H2,1H3,(H3,35,36)(H,42,43). The quantitative estimate of drug-likeness (QED) is 0.205. The molecule has 0 saturated carbocycles. The van der Waals surface area contributed by atoms with Crippen LogP contribution in [0.15, 0.2) is 83.5 Å². The number of carboxylic acids is 1. The number of rotatable bonds is 8. The SMILES string of the molecule is CN1CC=NC1c1cc(N2CC3C=CC=CC3=CC2C(=O)O)ccc1Oc1c(F)cnc(Oc2cc(C(=N)N)ccc2O)c1F. The lowest BCUT2D eigenvalue weighted by molar-refractivity contribution is -0.137. The largest absolute Gasteiger partial charge is 0.504 e. The summed E-state index contributed by atoms with van der Waals surface area (Å²) in [7, 11) is 1.82. The molecule has 5 N–H and O–H groups in total. The van der Waals surface area contributed by atoms with Gasteiger partial charge in [0, 0.05) is 42.0 Å². The van der Waals surface area contributed by atoms with Gasteiger partial charge in [0.1, 0.15) is 23.8 Å². The van der Waals surface area contributed by atoms with Crippen LogP contribution in [0, 0.1) is 23.0 Å². The molecule has 3 heterocycles. The fraction of sp³-hybridized carbons (Fsp3) is 0.188. The van der Waals surface area contributed by atoms with E-state index in [-0.39, 0.29) is 34.6 Å². The van der Waals surface area contributed by atoms with Crippen molar-refractivity contribution in [3.05, 3.63) is 101 Å². The maximum Gasteiger partial charge on any atom is 0.330 e. The van der Waals surface area contributed by atoms with E-state index in [2.05, 4.69) is 9.98 Å². The van der Waals surface area contributed by atoms with E-state index in [1.807, 2.05) is 36.3 Å². The van der Waals surface area contributed by atoms with Crippen molar-refractivity contribution in [2.45, 2.75) is 12.2 Å². The second kappa shape index (κ2) is 11.8. The van der Waals surface area contributed by atoms with Crippen molar-refractivity contribution in [1.29, 1.82) is 5.41 Å². The highest BCUT2D eigenvalue weighted by molar-refractivity contribution is 5.95. The van der Waals surface area contributed by atoms with Crippen LogP contribution >= 0.6 is 0 Å². The smallest absolute Gasteiger partial charge is 0.330 e. The second-order valence-corrected chi connectivity index (χ2v) is 10.7. The first-order chi connectivity index (χ1) is 21.6. The Balaban J connectivity index is 1.37. The Bertz CT molecular complexity index is 1820. The minimum absolute atomic E-state index is 0.00818. The second-order valence-electron chi connectivity index (χ2n) is 10.7. The predicted molar refractivity (Wildman–Crippen MR) is 162 cm³/mol. The third-order valence-corrected chi connectivity index (χ3v) is 7.73. The van der Waals surface area contributed by atoms with Gasteiger partial charge in [-0.05, 0) is 55.1 Å². The van der Waals surface area contributed by atoms with E-state index in [1.54, 1.807) is 29.3 Å². The first kappa shape index (κ1) is 29.5. The number of aliphatic imine (C=N–C) groups is 1. The van der Waals surface area contributed by atoms with Crippen LogP contribution in [0.4, 0.5) is 14.5 Å². The highest BCUT2D eigenvalue weighted by Gasteiger charge is 2.34. The first-order valence-electron chi connectivity index (χ1n) is 13.9. The monoisotopic (exact) mass is 614 g/mol. The number of benzene rings is 2. The number of fused-ring (bicyclic) bond motifs is 1. The van der Waals surface area contributed by atoms with Crippen LogP contribution in [-0.4, -0.2) is 64.3 Å². The van der Waals surface area contributed by atoms with Crippen molar-refractivity contribution in [3.8, 4) is 28.9 Å². The van der Waals surface area contributed by atoms with Crippen LogP contribution in [0.3, 0.4) is 0 Å². The van der Waals surface area contributed by atoms with Gasteiger partial charge in [-0.1, -0.05) is 24.3 Å². The predicted octanol–water partition coefficient (Wildman–Crippen LogP) is 4.89. The fourth-order valence-corrected chi connectivity index (χ4v) is 5.40. The molecule has 1 aromatic heterocycles. The molecule has 3 aromatic rings. The molecule has 3 atom stereocenters. The van der Waals surface area contributed by atoms with Gasteiger partial charge in [-0.2, -0.15) is 4.39 Å². The molecule has 0 amide bonds. The maximum atomic E-state index is 15.7. The number of phenols is 1. The summed E-state index contributed by atoms with van der Waals surface area (Å²) >= 11 is 0. The number of nitrogens with zero attached hydrogens (tertiary/aromatic N) is 4. The molecule has 0 saturated heterocycles. The molecule has 230 valence electrons. The molecule has 3 aliphatic rings. The van der Waals surface area contributed by atoms with Gasteiger partial charge in [0.2, 0.25) is 11.6 Å². The van der Waals surface area contributed by atoms with Gasteiger partial charge in [-0.3, -0.25) is 15.3 Å². The van der Waals surface area contributed by atoms with Crippen molar-refractivity contribution in [2.75, 3.05) is 25.0 Å². The minimum Gasteiger partial charge on any atom is -0.504 e. The summed E-state index contributed by atoms with van der Waals surface area (Å²) in [6.45, 7) is 0.916. The zero-order valence-corrected chi connectivity index (χ0v) is 23.9. The van der Waals surface area contributed by atoms with Gasteiger partial charge in [0.15, 0.2) is 17.3 Å². The molecule has 13 heteroatoms. The zero-order chi connectivity index (χ0) is 31.8. The maximum absolute atomic E-state index is 15.7. The summed E-state index contributed by atoms with van der Waals surface area (Å²) in [5.74, 6) is -5.79. The number of amidine groups is 1. The molecule has 0 bridgehead atoms. The zero-order valence-electron chi connectivity index (χ0n) is 23.9. The summed E-state index contributed by atoms with van der Waals surface area (Å²) in [4.78, 5) is 24.2. The number of carboxylic acid groups (broad SMARTS) is 1. The average Bonchev–Trinajstić information content (AvgIpc) is 3.46. The molecule has 45 heavy (non-hydrogen) atoms. The Labute approximate surface area is 256 Å². The Hall–Kier alpha value is -5.56. The number of halogens is 2. The molecular formula is C32H28F2N6O5. The molecule has 1 aliphatic carbocycles. The average molecular weight is 615 g/mol. The number of aliphatic carboxylic acids is 1. The number of aromatic hydroxyl groups is 1. The number of aromatic nitrogens is 1. The molecule has 0 radical (unpaired) electrons. The Morgan fingerprint density at radius 2 is 1.96 bits per heavy atom. The molecule has 6 rings (SSSR count). The molecule has 0 fully saturated rings. The van der Waals surface area contributed by atoms with E-state index in [0.29, 0.717) is 24.3 Å². The molecule has 11 nitrogen and oxygen atoms in total. The van der Waals surface area contributed by atoms with Crippen molar-refractivity contribution in [1.82, 2.24) is 9.88 Å². The van der Waals surface area contributed by atoms with Gasteiger partial charge in [-0.25, -0.2) is 14.2 Å². The third kappa shape index (κ3) is 5.72. The Morgan fingerprint density at radius 1 is 1.13 bits per heavy atom. The number of nitrogens with two attached hydrogens (primary N) is 1. The lowest BCUT2D eigenvalue weighted by Crippen LogP contribution is -2.46. The van der Waals surface area contributed by atoms with Crippen molar-refractivity contribution in [2.24, 2.45) is 16.6 Å². The fourth-order valence-electron chi connectivity index (χ4n) is 5.40. The summed E-state index contributed by atoms with van der Waals surface area (Å²) in [6, 6.07) is 7.74. The van der Waals surface area contributed by atoms with Crippen LogP contribution in [0.25, 0.3) is 0 Å². The summed E-state index contributed by atoms with van der Waals surface area (Å²) in [5.41, 5.74) is 7.65. The molecule has 0 spiro atoms. The Morgan fingerprint density at radius 3 is 2.69 bits per heavy atom. The van der Waals surface area contributed by atoms with Gasteiger partial charge in [-0.15, -0.1) is 0 Å². The van der Waals surface area contributed by atoms with Gasteiger partial charge in [0.05, 0.1) is 6.20 Å².